The van der Waals surface area contributed by atoms with Crippen molar-refractivity contribution in [3.05, 3.63) is 65.6 Å². The maximum Gasteiger partial charge on any atom is 0.323 e. The van der Waals surface area contributed by atoms with Crippen molar-refractivity contribution in [2.24, 2.45) is 0 Å². The van der Waals surface area contributed by atoms with Gasteiger partial charge in [-0.1, -0.05) is 0 Å². The molecule has 0 aliphatic heterocycles. The van der Waals surface area contributed by atoms with Crippen LogP contribution < -0.4 is 21.3 Å². The van der Waals surface area contributed by atoms with E-state index in [4.69, 9.17) is 0 Å². The number of urea groups is 1. The monoisotopic (exact) mass is 416 g/mol. The van der Waals surface area contributed by atoms with Gasteiger partial charge in [-0.2, -0.15) is 4.98 Å². The lowest BCUT2D eigenvalue weighted by molar-refractivity contribution is 0.262. The van der Waals surface area contributed by atoms with Gasteiger partial charge in [-0.05, 0) is 50.2 Å². The average molecular weight is 416 g/mol. The van der Waals surface area contributed by atoms with Gasteiger partial charge >= 0.3 is 6.03 Å². The number of hydrogen-bond acceptors (Lipinski definition) is 5. The number of nitrogens with one attached hydrogen (secondary N) is 4. The fraction of sp³-hybridized carbons (Fsp3) is 0.150. The van der Waals surface area contributed by atoms with Crippen molar-refractivity contribution < 1.29 is 18.0 Å². The van der Waals surface area contributed by atoms with Gasteiger partial charge in [0.2, 0.25) is 5.95 Å². The van der Waals surface area contributed by atoms with E-state index in [1.165, 1.54) is 0 Å². The van der Waals surface area contributed by atoms with Gasteiger partial charge in [0, 0.05) is 29.7 Å². The van der Waals surface area contributed by atoms with Gasteiger partial charge in [0.15, 0.2) is 17.5 Å². The summed E-state index contributed by atoms with van der Waals surface area (Å²) in [6, 6.07) is 9.29. The van der Waals surface area contributed by atoms with Gasteiger partial charge in [-0.3, -0.25) is 0 Å². The summed E-state index contributed by atoms with van der Waals surface area (Å²) in [5, 5.41) is 10.8. The zero-order valence-electron chi connectivity index (χ0n) is 16.2. The molecule has 7 nitrogen and oxygen atoms in total. The highest BCUT2D eigenvalue weighted by Crippen LogP contribution is 2.21. The molecule has 156 valence electrons. The van der Waals surface area contributed by atoms with Crippen LogP contribution in [0.2, 0.25) is 0 Å². The van der Waals surface area contributed by atoms with Crippen LogP contribution in [0.4, 0.5) is 46.8 Å². The minimum atomic E-state index is -1.65. The van der Waals surface area contributed by atoms with Gasteiger partial charge in [0.1, 0.15) is 5.82 Å². The van der Waals surface area contributed by atoms with Crippen LogP contribution >= 0.6 is 0 Å². The van der Waals surface area contributed by atoms with Crippen molar-refractivity contribution in [3.8, 4) is 0 Å². The molecule has 0 radical (unpaired) electrons. The molecule has 10 heteroatoms. The molecule has 0 spiro atoms. The van der Waals surface area contributed by atoms with E-state index < -0.39 is 29.2 Å². The zero-order valence-corrected chi connectivity index (χ0v) is 16.2. The molecule has 0 aliphatic rings. The number of aromatic nitrogens is 2. The summed E-state index contributed by atoms with van der Waals surface area (Å²) in [4.78, 5) is 20.6. The van der Waals surface area contributed by atoms with Crippen LogP contribution in [0.1, 0.15) is 12.6 Å². The van der Waals surface area contributed by atoms with Gasteiger partial charge < -0.3 is 21.3 Å². The minimum absolute atomic E-state index is 0.410. The van der Waals surface area contributed by atoms with Crippen molar-refractivity contribution in [3.63, 3.8) is 0 Å². The standard InChI is InChI=1S/C20H19F3N6O/c1-3-24-19-25-11(2)10-16(29-19)26-12-4-6-13(7-5-12)27-20(30)28-15-9-8-14(21)17(22)18(15)23/h4-10H,3H2,1-2H3,(H2,27,28,30)(H2,24,25,26,29). The summed E-state index contributed by atoms with van der Waals surface area (Å²) in [7, 11) is 0. The second-order valence-corrected chi connectivity index (χ2v) is 6.25. The van der Waals surface area contributed by atoms with Crippen molar-refractivity contribution in [2.45, 2.75) is 13.8 Å². The van der Waals surface area contributed by atoms with E-state index >= 15 is 0 Å². The molecule has 3 rings (SSSR count). The molecule has 1 aromatic heterocycles. The molecular weight excluding hydrogens is 397 g/mol. The third-order valence-electron chi connectivity index (χ3n) is 3.89. The number of rotatable bonds is 6. The van der Waals surface area contributed by atoms with E-state index in [0.717, 1.165) is 17.8 Å². The van der Waals surface area contributed by atoms with Crippen molar-refractivity contribution >= 4 is 34.9 Å². The van der Waals surface area contributed by atoms with Crippen LogP contribution in [0.15, 0.2) is 42.5 Å². The average Bonchev–Trinajstić information content (AvgIpc) is 2.70. The smallest absolute Gasteiger partial charge is 0.323 e. The molecule has 2 amide bonds. The predicted octanol–water partition coefficient (Wildman–Crippen LogP) is 5.02. The Morgan fingerprint density at radius 2 is 1.63 bits per heavy atom. The summed E-state index contributed by atoms with van der Waals surface area (Å²) < 4.78 is 39.8. The predicted molar refractivity (Wildman–Crippen MR) is 110 cm³/mol. The number of benzene rings is 2. The molecule has 0 unspecified atom stereocenters. The maximum absolute atomic E-state index is 13.6. The first kappa shape index (κ1) is 20.9. The molecule has 0 atom stereocenters. The SMILES string of the molecule is CCNc1nc(C)cc(Nc2ccc(NC(=O)Nc3ccc(F)c(F)c3F)cc2)n1. The van der Waals surface area contributed by atoms with Gasteiger partial charge in [-0.15, -0.1) is 0 Å². The van der Waals surface area contributed by atoms with E-state index in [9.17, 15) is 18.0 Å². The number of amides is 2. The number of carbonyl (C=O) groups is 1. The lowest BCUT2D eigenvalue weighted by atomic mass is 10.2. The van der Waals surface area contributed by atoms with Crippen molar-refractivity contribution in [2.75, 3.05) is 27.8 Å². The molecule has 3 aromatic rings. The molecule has 0 saturated heterocycles. The van der Waals surface area contributed by atoms with Crippen LogP contribution in [0.5, 0.6) is 0 Å². The lowest BCUT2D eigenvalue weighted by Gasteiger charge is -2.11. The third kappa shape index (κ3) is 5.16. The summed E-state index contributed by atoms with van der Waals surface area (Å²) in [6.45, 7) is 4.50. The van der Waals surface area contributed by atoms with Crippen LogP contribution in [0.25, 0.3) is 0 Å². The van der Waals surface area contributed by atoms with Crippen molar-refractivity contribution in [1.29, 1.82) is 0 Å². The van der Waals surface area contributed by atoms with E-state index in [1.54, 1.807) is 30.3 Å². The zero-order chi connectivity index (χ0) is 21.7. The molecule has 30 heavy (non-hydrogen) atoms. The largest absolute Gasteiger partial charge is 0.354 e. The fourth-order valence-corrected chi connectivity index (χ4v) is 2.56. The highest BCUT2D eigenvalue weighted by atomic mass is 19.2. The first-order valence-electron chi connectivity index (χ1n) is 9.04. The number of halogens is 3. The summed E-state index contributed by atoms with van der Waals surface area (Å²) in [5.41, 5.74) is 1.45. The normalized spacial score (nSPS) is 10.4. The summed E-state index contributed by atoms with van der Waals surface area (Å²) in [6.07, 6.45) is 0. The lowest BCUT2D eigenvalue weighted by Crippen LogP contribution is -2.20. The Hall–Kier alpha value is -3.82. The Labute approximate surface area is 170 Å². The molecule has 0 bridgehead atoms. The number of anilines is 5. The molecule has 4 N–H and O–H groups in total. The number of aryl methyl sites for hydroxylation is 1. The first-order valence-corrected chi connectivity index (χ1v) is 9.04. The number of carbonyl (C=O) groups excluding carboxylic acids is 1. The maximum atomic E-state index is 13.6. The van der Waals surface area contributed by atoms with Gasteiger partial charge in [0.25, 0.3) is 0 Å². The first-order chi connectivity index (χ1) is 14.4. The molecule has 0 aliphatic carbocycles. The van der Waals surface area contributed by atoms with E-state index in [0.29, 0.717) is 29.7 Å². The third-order valence-corrected chi connectivity index (χ3v) is 3.89. The number of hydrogen-bond donors (Lipinski definition) is 4. The highest BCUT2D eigenvalue weighted by molar-refractivity contribution is 5.99. The Kier molecular flexibility index (Phi) is 6.35. The molecule has 0 saturated carbocycles. The number of nitrogens with zero attached hydrogens (tertiary/aromatic N) is 2. The van der Waals surface area contributed by atoms with Gasteiger partial charge in [-0.25, -0.2) is 22.9 Å². The van der Waals surface area contributed by atoms with Crippen LogP contribution in [0, 0.1) is 24.4 Å². The highest BCUT2D eigenvalue weighted by Gasteiger charge is 2.15. The second kappa shape index (κ2) is 9.12. The summed E-state index contributed by atoms with van der Waals surface area (Å²) >= 11 is 0. The van der Waals surface area contributed by atoms with E-state index in [-0.39, 0.29) is 0 Å². The summed E-state index contributed by atoms with van der Waals surface area (Å²) in [5.74, 6) is -3.34. The Morgan fingerprint density at radius 3 is 2.33 bits per heavy atom. The minimum Gasteiger partial charge on any atom is -0.354 e. The van der Waals surface area contributed by atoms with Gasteiger partial charge in [0.05, 0.1) is 5.69 Å². The fourth-order valence-electron chi connectivity index (χ4n) is 2.56. The molecule has 2 aromatic carbocycles. The molecular formula is C20H19F3N6O. The Bertz CT molecular complexity index is 1060. The quantitative estimate of drug-likeness (QED) is 0.424. The van der Waals surface area contributed by atoms with Crippen LogP contribution in [-0.2, 0) is 0 Å². The van der Waals surface area contributed by atoms with Crippen LogP contribution in [-0.4, -0.2) is 22.5 Å². The second-order valence-electron chi connectivity index (χ2n) is 6.25. The topological polar surface area (TPSA) is 91.0 Å². The van der Waals surface area contributed by atoms with Crippen molar-refractivity contribution in [1.82, 2.24) is 9.97 Å². The molecule has 1 heterocycles. The van der Waals surface area contributed by atoms with Crippen LogP contribution in [0.3, 0.4) is 0 Å². The Morgan fingerprint density at radius 1 is 0.933 bits per heavy atom. The van der Waals surface area contributed by atoms with E-state index in [1.807, 2.05) is 13.8 Å². The molecule has 0 fully saturated rings. The van der Waals surface area contributed by atoms with E-state index in [2.05, 4.69) is 31.2 Å². The Balaban J connectivity index is 1.63.